The first-order chi connectivity index (χ1) is 17.9. The van der Waals surface area contributed by atoms with Crippen molar-refractivity contribution in [2.45, 2.75) is 36.8 Å². The van der Waals surface area contributed by atoms with Gasteiger partial charge < -0.3 is 10.6 Å². The van der Waals surface area contributed by atoms with Gasteiger partial charge in [-0.15, -0.1) is 11.8 Å². The molecule has 0 saturated heterocycles. The largest absolute Gasteiger partial charge is 0.326 e. The fourth-order valence-electron chi connectivity index (χ4n) is 4.04. The summed E-state index contributed by atoms with van der Waals surface area (Å²) in [5.41, 5.74) is 2.81. The van der Waals surface area contributed by atoms with Crippen LogP contribution in [0.25, 0.3) is 5.69 Å². The molecule has 0 aliphatic carbocycles. The van der Waals surface area contributed by atoms with Crippen LogP contribution in [0.4, 0.5) is 11.4 Å². The number of aromatic nitrogens is 2. The lowest BCUT2D eigenvalue weighted by Crippen LogP contribution is -2.25. The molecule has 1 aromatic heterocycles. The van der Waals surface area contributed by atoms with Crippen LogP contribution in [0.2, 0.25) is 0 Å². The normalized spacial score (nSPS) is 11.6. The number of rotatable bonds is 9. The zero-order valence-corrected chi connectivity index (χ0v) is 21.9. The summed E-state index contributed by atoms with van der Waals surface area (Å²) in [6.45, 7) is 3.77. The number of nitrogens with zero attached hydrogens (tertiary/aromatic N) is 2. The van der Waals surface area contributed by atoms with Crippen molar-refractivity contribution in [2.75, 3.05) is 10.6 Å². The first kappa shape index (κ1) is 26.0. The molecule has 7 nitrogen and oxygen atoms in total. The van der Waals surface area contributed by atoms with E-state index in [0.717, 1.165) is 22.6 Å². The number of thioether (sulfide) groups is 1. The number of hydrogen-bond acceptors (Lipinski definition) is 4. The van der Waals surface area contributed by atoms with E-state index in [1.54, 1.807) is 11.7 Å². The summed E-state index contributed by atoms with van der Waals surface area (Å²) in [7, 11) is 1.79. The Hall–Kier alpha value is -4.04. The maximum Gasteiger partial charge on any atom is 0.295 e. The molecule has 3 aromatic carbocycles. The molecule has 2 amide bonds. The van der Waals surface area contributed by atoms with Gasteiger partial charge in [0.2, 0.25) is 11.8 Å². The van der Waals surface area contributed by atoms with Gasteiger partial charge in [0.1, 0.15) is 10.9 Å². The lowest BCUT2D eigenvalue weighted by Gasteiger charge is -2.17. The van der Waals surface area contributed by atoms with Gasteiger partial charge in [-0.1, -0.05) is 61.5 Å². The molecule has 1 heterocycles. The highest BCUT2D eigenvalue weighted by Gasteiger charge is 2.26. The van der Waals surface area contributed by atoms with Gasteiger partial charge in [-0.2, -0.15) is 0 Å². The van der Waals surface area contributed by atoms with Crippen LogP contribution in [0.1, 0.15) is 36.3 Å². The number of carbonyl (C=O) groups excluding carboxylic acids is 2. The number of nitrogens with one attached hydrogen (secondary N) is 2. The second kappa shape index (κ2) is 11.8. The van der Waals surface area contributed by atoms with E-state index in [1.807, 2.05) is 98.8 Å². The predicted molar refractivity (Wildman–Crippen MR) is 149 cm³/mol. The van der Waals surface area contributed by atoms with E-state index in [2.05, 4.69) is 10.6 Å². The fraction of sp³-hybridized carbons (Fsp3) is 0.207. The third kappa shape index (κ3) is 6.03. The number of para-hydroxylation sites is 1. The number of anilines is 2. The van der Waals surface area contributed by atoms with Crippen LogP contribution >= 0.6 is 11.8 Å². The Morgan fingerprint density at radius 2 is 1.59 bits per heavy atom. The van der Waals surface area contributed by atoms with E-state index in [4.69, 9.17) is 0 Å². The summed E-state index contributed by atoms with van der Waals surface area (Å²) in [6.07, 6.45) is 1.21. The Balaban J connectivity index is 1.63. The Labute approximate surface area is 220 Å². The molecule has 4 aromatic rings. The van der Waals surface area contributed by atoms with Gasteiger partial charge in [-0.3, -0.25) is 19.1 Å². The molecule has 2 N–H and O–H groups in total. The topological polar surface area (TPSA) is 85.1 Å². The number of carbonyl (C=O) groups is 2. The van der Waals surface area contributed by atoms with Gasteiger partial charge in [0.25, 0.3) is 5.56 Å². The van der Waals surface area contributed by atoms with E-state index < -0.39 is 5.25 Å². The van der Waals surface area contributed by atoms with Crippen molar-refractivity contribution in [2.24, 2.45) is 7.05 Å². The minimum Gasteiger partial charge on any atom is -0.326 e. The van der Waals surface area contributed by atoms with Crippen molar-refractivity contribution in [3.8, 4) is 5.69 Å². The first-order valence-electron chi connectivity index (χ1n) is 12.2. The highest BCUT2D eigenvalue weighted by molar-refractivity contribution is 8.00. The van der Waals surface area contributed by atoms with Crippen molar-refractivity contribution < 1.29 is 9.59 Å². The van der Waals surface area contributed by atoms with E-state index in [9.17, 15) is 14.4 Å². The summed E-state index contributed by atoms with van der Waals surface area (Å²) >= 11 is 1.36. The second-order valence-electron chi connectivity index (χ2n) is 8.66. The molecule has 190 valence electrons. The maximum atomic E-state index is 13.7. The molecule has 0 aliphatic heterocycles. The third-order valence-corrected chi connectivity index (χ3v) is 7.24. The molecule has 4 rings (SSSR count). The predicted octanol–water partition coefficient (Wildman–Crippen LogP) is 5.70. The molecule has 0 aliphatic rings. The Morgan fingerprint density at radius 3 is 2.27 bits per heavy atom. The minimum atomic E-state index is -0.619. The molecule has 0 saturated carbocycles. The van der Waals surface area contributed by atoms with Gasteiger partial charge in [0, 0.05) is 24.1 Å². The van der Waals surface area contributed by atoms with E-state index >= 15 is 0 Å². The maximum absolute atomic E-state index is 13.7. The van der Waals surface area contributed by atoms with Crippen molar-refractivity contribution in [3.05, 3.63) is 107 Å². The van der Waals surface area contributed by atoms with Crippen molar-refractivity contribution in [1.29, 1.82) is 0 Å². The van der Waals surface area contributed by atoms with Gasteiger partial charge in [0.15, 0.2) is 0 Å². The standard InChI is InChI=1S/C29H30N4O3S/c1-4-12-25(34)30-22-15-11-18-24(19-22)37-27(21-13-7-5-8-14-21)28(35)31-26-20(2)32(3)33(29(26)36)23-16-9-6-10-17-23/h5-11,13-19,27H,4,12H2,1-3H3,(H,30,34)(H,31,35). The van der Waals surface area contributed by atoms with Crippen LogP contribution in [-0.2, 0) is 16.6 Å². The molecular weight excluding hydrogens is 484 g/mol. The highest BCUT2D eigenvalue weighted by Crippen LogP contribution is 2.37. The molecule has 0 spiro atoms. The van der Waals surface area contributed by atoms with E-state index in [1.165, 1.54) is 16.4 Å². The Morgan fingerprint density at radius 1 is 0.919 bits per heavy atom. The molecular formula is C29H30N4O3S. The van der Waals surface area contributed by atoms with Crippen molar-refractivity contribution in [1.82, 2.24) is 9.36 Å². The second-order valence-corrected chi connectivity index (χ2v) is 9.84. The van der Waals surface area contributed by atoms with Gasteiger partial charge in [-0.25, -0.2) is 4.68 Å². The lowest BCUT2D eigenvalue weighted by molar-refractivity contribution is -0.116. The van der Waals surface area contributed by atoms with Crippen LogP contribution in [0.15, 0.2) is 94.6 Å². The monoisotopic (exact) mass is 514 g/mol. The molecule has 1 unspecified atom stereocenters. The summed E-state index contributed by atoms with van der Waals surface area (Å²) < 4.78 is 3.28. The minimum absolute atomic E-state index is 0.0451. The third-order valence-electron chi connectivity index (χ3n) is 5.99. The molecule has 0 fully saturated rings. The van der Waals surface area contributed by atoms with Crippen LogP contribution in [0.5, 0.6) is 0 Å². The molecule has 1 atom stereocenters. The van der Waals surface area contributed by atoms with Gasteiger partial charge in [0.05, 0.1) is 11.4 Å². The van der Waals surface area contributed by atoms with Crippen molar-refractivity contribution >= 4 is 35.0 Å². The van der Waals surface area contributed by atoms with Crippen LogP contribution in [-0.4, -0.2) is 21.2 Å². The number of benzene rings is 3. The zero-order chi connectivity index (χ0) is 26.4. The molecule has 8 heteroatoms. The number of amides is 2. The quantitative estimate of drug-likeness (QED) is 0.281. The van der Waals surface area contributed by atoms with Crippen molar-refractivity contribution in [3.63, 3.8) is 0 Å². The summed E-state index contributed by atoms with van der Waals surface area (Å²) in [5, 5.41) is 5.19. The average Bonchev–Trinajstić information content (AvgIpc) is 3.11. The van der Waals surface area contributed by atoms with Gasteiger partial charge >= 0.3 is 0 Å². The molecule has 0 bridgehead atoms. The van der Waals surface area contributed by atoms with Crippen LogP contribution in [0, 0.1) is 6.92 Å². The van der Waals surface area contributed by atoms with Gasteiger partial charge in [-0.05, 0) is 49.2 Å². The SMILES string of the molecule is CCCC(=O)Nc1cccc(SC(C(=O)Nc2c(C)n(C)n(-c3ccccc3)c2=O)c2ccccc2)c1. The summed E-state index contributed by atoms with van der Waals surface area (Å²) in [4.78, 5) is 39.9. The lowest BCUT2D eigenvalue weighted by atomic mass is 10.1. The average molecular weight is 515 g/mol. The summed E-state index contributed by atoms with van der Waals surface area (Å²) in [6, 6.07) is 26.2. The Kier molecular flexibility index (Phi) is 8.30. The Bertz CT molecular complexity index is 1450. The smallest absolute Gasteiger partial charge is 0.295 e. The molecule has 37 heavy (non-hydrogen) atoms. The number of hydrogen-bond donors (Lipinski definition) is 2. The van der Waals surface area contributed by atoms with Crippen LogP contribution in [0.3, 0.4) is 0 Å². The first-order valence-corrected chi connectivity index (χ1v) is 13.0. The zero-order valence-electron chi connectivity index (χ0n) is 21.1. The van der Waals surface area contributed by atoms with Crippen LogP contribution < -0.4 is 16.2 Å². The summed E-state index contributed by atoms with van der Waals surface area (Å²) in [5.74, 6) is -0.348. The molecule has 0 radical (unpaired) electrons. The van der Waals surface area contributed by atoms with E-state index in [-0.39, 0.29) is 23.1 Å². The van der Waals surface area contributed by atoms with E-state index in [0.29, 0.717) is 17.8 Å². The fourth-order valence-corrected chi connectivity index (χ4v) is 5.12. The highest BCUT2D eigenvalue weighted by atomic mass is 32.2.